The van der Waals surface area contributed by atoms with Crippen molar-refractivity contribution in [2.75, 3.05) is 0 Å². The van der Waals surface area contributed by atoms with Gasteiger partial charge in [-0.1, -0.05) is 17.3 Å². The molecule has 0 aliphatic heterocycles. The maximum atomic E-state index is 13.5. The first-order valence-electron chi connectivity index (χ1n) is 5.73. The van der Waals surface area contributed by atoms with E-state index in [4.69, 9.17) is 10.3 Å². The molecule has 1 unspecified atom stereocenters. The number of halogens is 2. The quantitative estimate of drug-likeness (QED) is 0.844. The fourth-order valence-electron chi connectivity index (χ4n) is 1.61. The third kappa shape index (κ3) is 3.23. The molecule has 100 valence electrons. The summed E-state index contributed by atoms with van der Waals surface area (Å²) in [5.74, 6) is -0.678. The number of nitrogens with two attached hydrogens (primary N) is 1. The lowest BCUT2D eigenvalue weighted by Crippen LogP contribution is -2.09. The first-order chi connectivity index (χ1) is 9.10. The summed E-state index contributed by atoms with van der Waals surface area (Å²) < 4.78 is 31.2. The van der Waals surface area contributed by atoms with Gasteiger partial charge in [0.25, 0.3) is 0 Å². The Kier molecular flexibility index (Phi) is 4.01. The molecule has 1 atom stereocenters. The van der Waals surface area contributed by atoms with Gasteiger partial charge in [-0.2, -0.15) is 4.98 Å². The van der Waals surface area contributed by atoms with Crippen LogP contribution in [-0.2, 0) is 6.42 Å². The summed E-state index contributed by atoms with van der Waals surface area (Å²) in [6.45, 7) is 3.57. The minimum absolute atomic E-state index is 0.121. The first kappa shape index (κ1) is 13.4. The SMILES string of the molecule is C=CCC(N)c1nc(Cc2ccc(F)cc2F)no1. The average Bonchev–Trinajstić information content (AvgIpc) is 2.82. The summed E-state index contributed by atoms with van der Waals surface area (Å²) in [5.41, 5.74) is 6.07. The molecule has 2 rings (SSSR count). The number of aromatic nitrogens is 2. The summed E-state index contributed by atoms with van der Waals surface area (Å²) in [6, 6.07) is 2.93. The molecule has 0 fully saturated rings. The molecule has 0 aliphatic rings. The summed E-state index contributed by atoms with van der Waals surface area (Å²) >= 11 is 0. The lowest BCUT2D eigenvalue weighted by atomic mass is 10.1. The third-order valence-corrected chi connectivity index (χ3v) is 2.59. The highest BCUT2D eigenvalue weighted by molar-refractivity contribution is 5.21. The Balaban J connectivity index is 2.13. The highest BCUT2D eigenvalue weighted by Gasteiger charge is 2.15. The predicted octanol–water partition coefficient (Wildman–Crippen LogP) is 2.51. The molecule has 6 heteroatoms. The van der Waals surface area contributed by atoms with E-state index in [1.807, 2.05) is 0 Å². The van der Waals surface area contributed by atoms with E-state index in [2.05, 4.69) is 16.7 Å². The summed E-state index contributed by atoms with van der Waals surface area (Å²) in [5, 5.41) is 3.72. The Hall–Kier alpha value is -2.08. The molecule has 1 aromatic carbocycles. The molecule has 0 bridgehead atoms. The Morgan fingerprint density at radius 1 is 1.42 bits per heavy atom. The zero-order valence-electron chi connectivity index (χ0n) is 10.1. The van der Waals surface area contributed by atoms with Crippen LogP contribution in [0.4, 0.5) is 8.78 Å². The largest absolute Gasteiger partial charge is 0.338 e. The monoisotopic (exact) mass is 265 g/mol. The van der Waals surface area contributed by atoms with Crippen LogP contribution in [0.25, 0.3) is 0 Å². The molecule has 2 aromatic rings. The molecular formula is C13H13F2N3O. The van der Waals surface area contributed by atoms with E-state index < -0.39 is 17.7 Å². The lowest BCUT2D eigenvalue weighted by molar-refractivity contribution is 0.352. The van der Waals surface area contributed by atoms with Gasteiger partial charge in [0.15, 0.2) is 5.82 Å². The van der Waals surface area contributed by atoms with Crippen molar-refractivity contribution in [3.05, 3.63) is 59.8 Å². The number of rotatable bonds is 5. The van der Waals surface area contributed by atoms with Crippen molar-refractivity contribution in [3.63, 3.8) is 0 Å². The van der Waals surface area contributed by atoms with E-state index in [0.29, 0.717) is 17.8 Å². The van der Waals surface area contributed by atoms with Crippen LogP contribution in [0.1, 0.15) is 29.7 Å². The van der Waals surface area contributed by atoms with Crippen LogP contribution in [0.5, 0.6) is 0 Å². The molecule has 19 heavy (non-hydrogen) atoms. The van der Waals surface area contributed by atoms with Gasteiger partial charge >= 0.3 is 0 Å². The van der Waals surface area contributed by atoms with Gasteiger partial charge in [-0.05, 0) is 18.1 Å². The second-order valence-electron chi connectivity index (χ2n) is 4.09. The zero-order valence-corrected chi connectivity index (χ0v) is 10.1. The molecule has 2 N–H and O–H groups in total. The Morgan fingerprint density at radius 2 is 2.21 bits per heavy atom. The molecule has 0 spiro atoms. The number of hydrogen-bond donors (Lipinski definition) is 1. The van der Waals surface area contributed by atoms with Crippen LogP contribution < -0.4 is 5.73 Å². The number of benzene rings is 1. The summed E-state index contributed by atoms with van der Waals surface area (Å²) in [6.07, 6.45) is 2.27. The van der Waals surface area contributed by atoms with Gasteiger partial charge in [0, 0.05) is 12.5 Å². The fraction of sp³-hybridized carbons (Fsp3) is 0.231. The highest BCUT2D eigenvalue weighted by Crippen LogP contribution is 2.16. The molecule has 0 radical (unpaired) electrons. The van der Waals surface area contributed by atoms with E-state index in [1.54, 1.807) is 6.08 Å². The van der Waals surface area contributed by atoms with Gasteiger partial charge in [-0.15, -0.1) is 6.58 Å². The van der Waals surface area contributed by atoms with Crippen molar-refractivity contribution in [1.29, 1.82) is 0 Å². The van der Waals surface area contributed by atoms with E-state index in [9.17, 15) is 8.78 Å². The highest BCUT2D eigenvalue weighted by atomic mass is 19.1. The fourth-order valence-corrected chi connectivity index (χ4v) is 1.61. The Morgan fingerprint density at radius 3 is 2.89 bits per heavy atom. The number of hydrogen-bond acceptors (Lipinski definition) is 4. The molecule has 4 nitrogen and oxygen atoms in total. The van der Waals surface area contributed by atoms with Gasteiger partial charge in [-0.3, -0.25) is 0 Å². The van der Waals surface area contributed by atoms with Crippen LogP contribution >= 0.6 is 0 Å². The predicted molar refractivity (Wildman–Crippen MR) is 65.2 cm³/mol. The van der Waals surface area contributed by atoms with Crippen molar-refractivity contribution < 1.29 is 13.3 Å². The standard InChI is InChI=1S/C13H13F2N3O/c1-2-3-11(16)13-17-12(18-19-13)6-8-4-5-9(14)7-10(8)15/h2,4-5,7,11H,1,3,6,16H2. The second kappa shape index (κ2) is 5.71. The molecule has 0 saturated carbocycles. The molecule has 0 saturated heterocycles. The van der Waals surface area contributed by atoms with Crippen molar-refractivity contribution in [2.45, 2.75) is 18.9 Å². The van der Waals surface area contributed by atoms with Crippen LogP contribution in [0.3, 0.4) is 0 Å². The average molecular weight is 265 g/mol. The number of nitrogens with zero attached hydrogens (tertiary/aromatic N) is 2. The van der Waals surface area contributed by atoms with Crippen LogP contribution in [-0.4, -0.2) is 10.1 Å². The van der Waals surface area contributed by atoms with Crippen molar-refractivity contribution in [1.82, 2.24) is 10.1 Å². The van der Waals surface area contributed by atoms with Crippen molar-refractivity contribution >= 4 is 0 Å². The van der Waals surface area contributed by atoms with Crippen molar-refractivity contribution in [2.24, 2.45) is 5.73 Å². The van der Waals surface area contributed by atoms with Gasteiger partial charge in [-0.25, -0.2) is 8.78 Å². The van der Waals surface area contributed by atoms with Crippen molar-refractivity contribution in [3.8, 4) is 0 Å². The van der Waals surface area contributed by atoms with Crippen LogP contribution in [0, 0.1) is 11.6 Å². The van der Waals surface area contributed by atoms with Gasteiger partial charge in [0.05, 0.1) is 6.04 Å². The summed E-state index contributed by atoms with van der Waals surface area (Å²) in [7, 11) is 0. The lowest BCUT2D eigenvalue weighted by Gasteiger charge is -2.00. The van der Waals surface area contributed by atoms with E-state index in [1.165, 1.54) is 12.1 Å². The normalized spacial score (nSPS) is 12.4. The van der Waals surface area contributed by atoms with Crippen LogP contribution in [0.15, 0.2) is 35.4 Å². The van der Waals surface area contributed by atoms with E-state index >= 15 is 0 Å². The zero-order chi connectivity index (χ0) is 13.8. The topological polar surface area (TPSA) is 64.9 Å². The molecule has 0 amide bonds. The molecule has 1 heterocycles. The maximum Gasteiger partial charge on any atom is 0.243 e. The summed E-state index contributed by atoms with van der Waals surface area (Å²) in [4.78, 5) is 4.08. The molecular weight excluding hydrogens is 252 g/mol. The van der Waals surface area contributed by atoms with E-state index in [0.717, 1.165) is 6.07 Å². The Labute approximate surface area is 108 Å². The third-order valence-electron chi connectivity index (χ3n) is 2.59. The Bertz CT molecular complexity index is 583. The minimum atomic E-state index is -0.637. The van der Waals surface area contributed by atoms with Gasteiger partial charge in [0.2, 0.25) is 5.89 Å². The first-order valence-corrected chi connectivity index (χ1v) is 5.73. The molecule has 1 aromatic heterocycles. The maximum absolute atomic E-state index is 13.5. The van der Waals surface area contributed by atoms with Gasteiger partial charge < -0.3 is 10.3 Å². The van der Waals surface area contributed by atoms with Crippen LogP contribution in [0.2, 0.25) is 0 Å². The molecule has 0 aliphatic carbocycles. The van der Waals surface area contributed by atoms with E-state index in [-0.39, 0.29) is 12.3 Å². The second-order valence-corrected chi connectivity index (χ2v) is 4.09. The smallest absolute Gasteiger partial charge is 0.243 e. The van der Waals surface area contributed by atoms with Gasteiger partial charge in [0.1, 0.15) is 11.6 Å². The minimum Gasteiger partial charge on any atom is -0.338 e.